The molecule has 0 aromatic carbocycles. The number of imidazole rings is 4. The molecule has 20 heteroatoms. The molecule has 0 N–H and O–H groups in total. The Kier molecular flexibility index (Phi) is 24.8. The molecule has 85 heavy (non-hydrogen) atoms. The third-order valence-corrected chi connectivity index (χ3v) is 23.8. The maximum absolute atomic E-state index is 5.93. The van der Waals surface area contributed by atoms with E-state index in [1.165, 1.54) is 127 Å². The molecule has 4 aliphatic heterocycles. The third-order valence-electron chi connectivity index (χ3n) is 17.0. The van der Waals surface area contributed by atoms with E-state index in [0.717, 1.165) is 84.6 Å². The Morgan fingerprint density at radius 2 is 0.765 bits per heavy atom. The average Bonchev–Trinajstić information content (AvgIpc) is 3.02. The Hall–Kier alpha value is -3.13. The Labute approximate surface area is 516 Å². The molecule has 16 nitrogen and oxygen atoms in total. The first-order valence-corrected chi connectivity index (χ1v) is 47.2. The molecule has 476 valence electrons. The van der Waals surface area contributed by atoms with Crippen molar-refractivity contribution in [2.45, 2.75) is 237 Å². The fourth-order valence-corrected chi connectivity index (χ4v) is 14.1. The zero-order valence-corrected chi connectivity index (χ0v) is 58.0. The minimum absolute atomic E-state index is 0. The van der Waals surface area contributed by atoms with Crippen molar-refractivity contribution in [3.8, 4) is 0 Å². The lowest BCUT2D eigenvalue weighted by Crippen LogP contribution is -2.22. The van der Waals surface area contributed by atoms with Gasteiger partial charge in [-0.1, -0.05) is 98.1 Å². The van der Waals surface area contributed by atoms with Crippen LogP contribution in [-0.2, 0) is 64.8 Å². The average molecular weight is 1250 g/mol. The van der Waals surface area contributed by atoms with Gasteiger partial charge < -0.3 is 56.2 Å². The maximum atomic E-state index is 5.93. The standard InChI is InChI=1S/C16H28N2O2Si.C16H26N2O2Si.C16H28N2O2Si.C16H26N2O2Si.CH4/c2*1-21(2,3)9-8-20-12-18-11-17-15(14-6-7-19-10-14)16(18)13-4-5-13;2*1-21(2,3)9-8-20-12-18-11-17-15(13-4-5-13)16(18)14-6-7-19-10-14;/h11,13-14H,4-10,12H2,1-3H3;6,11,13H,4-5,7-10,12H2,1-3H3;11,13-14H,4-10,12H2,1-3H3;6,11,13H,4-5,7-10,12H2,1-3H3;1H4. The van der Waals surface area contributed by atoms with Crippen LogP contribution in [0, 0.1) is 0 Å². The lowest BCUT2D eigenvalue weighted by atomic mass is 10.0. The van der Waals surface area contributed by atoms with Crippen LogP contribution >= 0.6 is 0 Å². The second kappa shape index (κ2) is 31.1. The minimum Gasteiger partial charge on any atom is -0.381 e. The number of aromatic nitrogens is 8. The van der Waals surface area contributed by atoms with Crippen LogP contribution in [-0.4, -0.2) is 150 Å². The first-order valence-electron chi connectivity index (χ1n) is 32.4. The van der Waals surface area contributed by atoms with Gasteiger partial charge in [0, 0.05) is 130 Å². The van der Waals surface area contributed by atoms with Gasteiger partial charge in [-0.05, 0) is 88.4 Å². The minimum atomic E-state index is -1.02. The molecular formula is C65H112N8O8Si4. The summed E-state index contributed by atoms with van der Waals surface area (Å²) in [6.07, 6.45) is 24.7. The molecule has 0 bridgehead atoms. The van der Waals surface area contributed by atoms with Crippen LogP contribution in [0.4, 0.5) is 0 Å². The van der Waals surface area contributed by atoms with Gasteiger partial charge in [0.2, 0.25) is 0 Å². The maximum Gasteiger partial charge on any atom is 0.124 e. The van der Waals surface area contributed by atoms with Gasteiger partial charge in [-0.25, -0.2) is 19.9 Å². The molecule has 8 aliphatic rings. The van der Waals surface area contributed by atoms with Gasteiger partial charge in [-0.3, -0.25) is 0 Å². The van der Waals surface area contributed by atoms with E-state index in [-0.39, 0.29) is 7.43 Å². The van der Waals surface area contributed by atoms with Gasteiger partial charge in [0.1, 0.15) is 26.9 Å². The van der Waals surface area contributed by atoms with Crippen molar-refractivity contribution < 1.29 is 37.9 Å². The van der Waals surface area contributed by atoms with Crippen molar-refractivity contribution in [3.05, 3.63) is 83.0 Å². The summed E-state index contributed by atoms with van der Waals surface area (Å²) < 4.78 is 54.5. The van der Waals surface area contributed by atoms with Crippen LogP contribution in [0.5, 0.6) is 0 Å². The summed E-state index contributed by atoms with van der Waals surface area (Å²) in [5.74, 6) is 3.76. The summed E-state index contributed by atoms with van der Waals surface area (Å²) in [6, 6.07) is 4.87. The van der Waals surface area contributed by atoms with Gasteiger partial charge in [0.05, 0.1) is 99.1 Å². The van der Waals surface area contributed by atoms with Gasteiger partial charge in [-0.15, -0.1) is 0 Å². The molecule has 4 aromatic heterocycles. The number of nitrogens with zero attached hydrogens (tertiary/aromatic N) is 8. The Bertz CT molecular complexity index is 2730. The fourth-order valence-electron chi connectivity index (χ4n) is 11.0. The van der Waals surface area contributed by atoms with E-state index in [1.54, 1.807) is 0 Å². The van der Waals surface area contributed by atoms with E-state index in [0.29, 0.717) is 75.6 Å². The summed E-state index contributed by atoms with van der Waals surface area (Å²) in [4.78, 5) is 18.7. The van der Waals surface area contributed by atoms with Crippen LogP contribution in [0.2, 0.25) is 103 Å². The highest BCUT2D eigenvalue weighted by Gasteiger charge is 2.37. The summed E-state index contributed by atoms with van der Waals surface area (Å²) >= 11 is 0. The third kappa shape index (κ3) is 21.5. The van der Waals surface area contributed by atoms with E-state index < -0.39 is 32.3 Å². The van der Waals surface area contributed by atoms with E-state index >= 15 is 0 Å². The summed E-state index contributed by atoms with van der Waals surface area (Å²) in [5.41, 5.74) is 13.0. The molecule has 0 amide bonds. The first-order chi connectivity index (χ1) is 40.2. The molecule has 2 atom stereocenters. The molecule has 8 heterocycles. The zero-order chi connectivity index (χ0) is 59.5. The molecule has 6 fully saturated rings. The summed E-state index contributed by atoms with van der Waals surface area (Å²) in [5, 5.41) is 0. The van der Waals surface area contributed by atoms with Crippen LogP contribution in [0.25, 0.3) is 11.1 Å². The SMILES string of the molecule is C.C[Si](C)(C)CCOCn1cnc(C2=CCOC2)c1C1CC1.C[Si](C)(C)CCOCn1cnc(C2CC2)c1C1=CCOC1.C[Si](C)(C)CCOCn1cnc(C2CC2)c1C1CCOC1.C[Si](C)(C)CCOCn1cnc(C2CCOC2)c1C1CC1. The molecule has 4 aromatic rings. The fraction of sp³-hybridized carbons (Fsp3) is 0.754. The Morgan fingerprint density at radius 1 is 0.400 bits per heavy atom. The predicted molar refractivity (Wildman–Crippen MR) is 354 cm³/mol. The second-order valence-corrected chi connectivity index (χ2v) is 52.5. The van der Waals surface area contributed by atoms with E-state index in [9.17, 15) is 0 Å². The molecule has 0 spiro atoms. The van der Waals surface area contributed by atoms with Gasteiger partial charge in [-0.2, -0.15) is 0 Å². The van der Waals surface area contributed by atoms with Crippen LogP contribution < -0.4 is 0 Å². The normalized spacial score (nSPS) is 20.8. The monoisotopic (exact) mass is 1240 g/mol. The highest BCUT2D eigenvalue weighted by molar-refractivity contribution is 6.77. The molecule has 2 unspecified atom stereocenters. The van der Waals surface area contributed by atoms with E-state index in [2.05, 4.69) is 124 Å². The molecule has 2 saturated heterocycles. The number of hydrogen-bond donors (Lipinski definition) is 0. The number of rotatable bonds is 28. The summed E-state index contributed by atoms with van der Waals surface area (Å²) in [6.45, 7) is 40.9. The topological polar surface area (TPSA) is 145 Å². The van der Waals surface area contributed by atoms with Crippen molar-refractivity contribution >= 4 is 43.4 Å². The highest BCUT2D eigenvalue weighted by Crippen LogP contribution is 2.47. The molecular weight excluding hydrogens is 1130 g/mol. The van der Waals surface area contributed by atoms with Crippen molar-refractivity contribution in [2.75, 3.05) is 79.3 Å². The quantitative estimate of drug-likeness (QED) is 0.0394. The van der Waals surface area contributed by atoms with Crippen molar-refractivity contribution in [2.24, 2.45) is 0 Å². The summed E-state index contributed by atoms with van der Waals surface area (Å²) in [7, 11) is -4.04. The Balaban J connectivity index is 0.000000147. The Morgan fingerprint density at radius 3 is 1.19 bits per heavy atom. The smallest absolute Gasteiger partial charge is 0.124 e. The van der Waals surface area contributed by atoms with E-state index in [4.69, 9.17) is 42.9 Å². The van der Waals surface area contributed by atoms with Gasteiger partial charge in [0.15, 0.2) is 0 Å². The lowest BCUT2D eigenvalue weighted by Gasteiger charge is -2.17. The predicted octanol–water partition coefficient (Wildman–Crippen LogP) is 14.8. The zero-order valence-electron chi connectivity index (χ0n) is 54.0. The van der Waals surface area contributed by atoms with Gasteiger partial charge >= 0.3 is 0 Å². The molecule has 12 rings (SSSR count). The second-order valence-electron chi connectivity index (χ2n) is 30.0. The molecule has 4 aliphatic carbocycles. The number of hydrogen-bond acceptors (Lipinski definition) is 12. The van der Waals surface area contributed by atoms with Crippen LogP contribution in [0.3, 0.4) is 0 Å². The molecule has 4 saturated carbocycles. The van der Waals surface area contributed by atoms with Crippen molar-refractivity contribution in [3.63, 3.8) is 0 Å². The van der Waals surface area contributed by atoms with Crippen molar-refractivity contribution in [1.82, 2.24) is 38.2 Å². The van der Waals surface area contributed by atoms with Crippen LogP contribution in [0.1, 0.15) is 153 Å². The highest BCUT2D eigenvalue weighted by atomic mass is 28.3. The number of ether oxygens (including phenoxy) is 8. The largest absolute Gasteiger partial charge is 0.381 e. The van der Waals surface area contributed by atoms with Gasteiger partial charge in [0.25, 0.3) is 0 Å². The van der Waals surface area contributed by atoms with Crippen molar-refractivity contribution in [1.29, 1.82) is 0 Å². The molecule has 0 radical (unpaired) electrons. The van der Waals surface area contributed by atoms with Crippen LogP contribution in [0.15, 0.2) is 37.5 Å². The van der Waals surface area contributed by atoms with E-state index in [1.807, 2.05) is 25.3 Å². The first kappa shape index (κ1) is 67.8. The lowest BCUT2D eigenvalue weighted by molar-refractivity contribution is 0.0841.